The van der Waals surface area contributed by atoms with Crippen molar-refractivity contribution in [3.8, 4) is 0 Å². The van der Waals surface area contributed by atoms with Crippen molar-refractivity contribution in [2.24, 2.45) is 0 Å². The molecule has 0 aromatic carbocycles. The molecule has 6 heteroatoms. The number of pyridine rings is 1. The van der Waals surface area contributed by atoms with E-state index in [1.807, 2.05) is 24.4 Å². The number of carbonyl (C=O) groups is 1. The molecule has 0 saturated heterocycles. The lowest BCUT2D eigenvalue weighted by molar-refractivity contribution is 0.248. The molecular formula is C13H14ClN3OS. The Bertz CT molecular complexity index is 545. The number of hydrogen-bond donors (Lipinski definition) is 2. The second-order valence-corrected chi connectivity index (χ2v) is 5.25. The number of hydrogen-bond acceptors (Lipinski definition) is 3. The number of amides is 2. The van der Waals surface area contributed by atoms with Gasteiger partial charge < -0.3 is 10.6 Å². The zero-order valence-corrected chi connectivity index (χ0v) is 12.0. The molecule has 2 amide bonds. The minimum atomic E-state index is -0.282. The topological polar surface area (TPSA) is 54.0 Å². The molecule has 0 spiro atoms. The van der Waals surface area contributed by atoms with Crippen molar-refractivity contribution in [2.45, 2.75) is 19.4 Å². The van der Waals surface area contributed by atoms with Crippen LogP contribution in [0.1, 0.15) is 24.3 Å². The highest BCUT2D eigenvalue weighted by Gasteiger charge is 2.14. The lowest BCUT2D eigenvalue weighted by Crippen LogP contribution is -2.32. The van der Waals surface area contributed by atoms with Crippen molar-refractivity contribution in [3.63, 3.8) is 0 Å². The van der Waals surface area contributed by atoms with Crippen LogP contribution in [-0.4, -0.2) is 11.0 Å². The molecule has 100 valence electrons. The Morgan fingerprint density at radius 2 is 2.32 bits per heavy atom. The highest BCUT2D eigenvalue weighted by atomic mass is 35.5. The first-order valence-corrected chi connectivity index (χ1v) is 7.18. The second kappa shape index (κ2) is 6.54. The van der Waals surface area contributed by atoms with Gasteiger partial charge in [-0.05, 0) is 30.0 Å². The second-order valence-electron chi connectivity index (χ2n) is 3.92. The molecule has 2 rings (SSSR count). The quantitative estimate of drug-likeness (QED) is 0.835. The van der Waals surface area contributed by atoms with Crippen molar-refractivity contribution in [3.05, 3.63) is 45.9 Å². The first kappa shape index (κ1) is 13.8. The molecule has 2 aromatic rings. The summed E-state index contributed by atoms with van der Waals surface area (Å²) in [6.07, 6.45) is 2.40. The van der Waals surface area contributed by atoms with E-state index in [1.54, 1.807) is 29.7 Å². The predicted molar refractivity (Wildman–Crippen MR) is 78.8 cm³/mol. The van der Waals surface area contributed by atoms with E-state index in [9.17, 15) is 4.79 Å². The lowest BCUT2D eigenvalue weighted by atomic mass is 10.2. The van der Waals surface area contributed by atoms with Crippen LogP contribution < -0.4 is 10.6 Å². The Labute approximate surface area is 120 Å². The molecule has 0 aliphatic rings. The van der Waals surface area contributed by atoms with Crippen LogP contribution in [0.3, 0.4) is 0 Å². The van der Waals surface area contributed by atoms with Crippen LogP contribution in [-0.2, 0) is 0 Å². The van der Waals surface area contributed by atoms with Crippen LogP contribution in [0.2, 0.25) is 5.15 Å². The normalized spacial score (nSPS) is 11.9. The van der Waals surface area contributed by atoms with Crippen LogP contribution in [0.15, 0.2) is 35.8 Å². The molecule has 19 heavy (non-hydrogen) atoms. The molecular weight excluding hydrogens is 282 g/mol. The van der Waals surface area contributed by atoms with E-state index >= 15 is 0 Å². The van der Waals surface area contributed by atoms with E-state index in [-0.39, 0.29) is 17.2 Å². The van der Waals surface area contributed by atoms with E-state index in [4.69, 9.17) is 11.6 Å². The molecule has 0 aliphatic carbocycles. The van der Waals surface area contributed by atoms with Gasteiger partial charge in [0.15, 0.2) is 5.15 Å². The predicted octanol–water partition coefficient (Wildman–Crippen LogP) is 4.07. The molecule has 4 nitrogen and oxygen atoms in total. The van der Waals surface area contributed by atoms with E-state index in [1.165, 1.54) is 0 Å². The highest BCUT2D eigenvalue weighted by molar-refractivity contribution is 7.10. The van der Waals surface area contributed by atoms with Gasteiger partial charge in [-0.15, -0.1) is 11.3 Å². The fraction of sp³-hybridized carbons (Fsp3) is 0.231. The standard InChI is InChI=1S/C13H14ClN3OS/c1-2-9(11-6-4-8-19-11)16-13(18)17-10-5-3-7-15-12(10)14/h3-9H,2H2,1H3,(H2,16,17,18)/t9-/m0/s1. The third-order valence-electron chi connectivity index (χ3n) is 2.61. The Balaban J connectivity index is 1.99. The molecule has 2 N–H and O–H groups in total. The summed E-state index contributed by atoms with van der Waals surface area (Å²) in [4.78, 5) is 17.0. The number of nitrogens with zero attached hydrogens (tertiary/aromatic N) is 1. The van der Waals surface area contributed by atoms with Gasteiger partial charge in [-0.2, -0.15) is 0 Å². The Morgan fingerprint density at radius 1 is 1.47 bits per heavy atom. The Hall–Kier alpha value is -1.59. The molecule has 0 saturated carbocycles. The van der Waals surface area contributed by atoms with Gasteiger partial charge >= 0.3 is 6.03 Å². The Morgan fingerprint density at radius 3 is 2.95 bits per heavy atom. The molecule has 0 fully saturated rings. The van der Waals surface area contributed by atoms with Crippen molar-refractivity contribution < 1.29 is 4.79 Å². The first-order chi connectivity index (χ1) is 9.20. The minimum Gasteiger partial charge on any atom is -0.330 e. The summed E-state index contributed by atoms with van der Waals surface area (Å²) < 4.78 is 0. The number of halogens is 1. The van der Waals surface area contributed by atoms with Crippen LogP contribution >= 0.6 is 22.9 Å². The van der Waals surface area contributed by atoms with Crippen molar-refractivity contribution in [2.75, 3.05) is 5.32 Å². The number of nitrogens with one attached hydrogen (secondary N) is 2. The molecule has 0 bridgehead atoms. The number of urea groups is 1. The van der Waals surface area contributed by atoms with Gasteiger partial charge in [0.2, 0.25) is 0 Å². The lowest BCUT2D eigenvalue weighted by Gasteiger charge is -2.16. The zero-order valence-electron chi connectivity index (χ0n) is 10.4. The summed E-state index contributed by atoms with van der Waals surface area (Å²) in [6.45, 7) is 2.03. The van der Waals surface area contributed by atoms with Crippen molar-refractivity contribution in [1.82, 2.24) is 10.3 Å². The summed E-state index contributed by atoms with van der Waals surface area (Å²) in [6, 6.07) is 7.14. The number of rotatable bonds is 4. The molecule has 1 atom stereocenters. The van der Waals surface area contributed by atoms with E-state index in [0.717, 1.165) is 11.3 Å². The number of thiophene rings is 1. The van der Waals surface area contributed by atoms with Crippen LogP contribution in [0.4, 0.5) is 10.5 Å². The summed E-state index contributed by atoms with van der Waals surface area (Å²) in [5.74, 6) is 0. The third kappa shape index (κ3) is 3.68. The fourth-order valence-corrected chi connectivity index (χ4v) is 2.69. The van der Waals surface area contributed by atoms with E-state index < -0.39 is 0 Å². The average molecular weight is 296 g/mol. The van der Waals surface area contributed by atoms with Gasteiger partial charge in [-0.3, -0.25) is 0 Å². The van der Waals surface area contributed by atoms with Gasteiger partial charge in [0, 0.05) is 11.1 Å². The van der Waals surface area contributed by atoms with Gasteiger partial charge in [0.05, 0.1) is 11.7 Å². The number of carbonyl (C=O) groups excluding carboxylic acids is 1. The van der Waals surface area contributed by atoms with E-state index in [0.29, 0.717) is 5.69 Å². The minimum absolute atomic E-state index is 0.00967. The summed E-state index contributed by atoms with van der Waals surface area (Å²) in [5, 5.41) is 7.89. The molecule has 0 unspecified atom stereocenters. The van der Waals surface area contributed by atoms with Crippen LogP contribution in [0, 0.1) is 0 Å². The average Bonchev–Trinajstić information content (AvgIpc) is 2.92. The third-order valence-corrected chi connectivity index (χ3v) is 3.89. The maximum atomic E-state index is 11.9. The zero-order chi connectivity index (χ0) is 13.7. The largest absolute Gasteiger partial charge is 0.330 e. The van der Waals surface area contributed by atoms with Gasteiger partial charge in [0.1, 0.15) is 0 Å². The molecule has 0 aliphatic heterocycles. The first-order valence-electron chi connectivity index (χ1n) is 5.92. The van der Waals surface area contributed by atoms with Crippen LogP contribution in [0.5, 0.6) is 0 Å². The van der Waals surface area contributed by atoms with Crippen LogP contribution in [0.25, 0.3) is 0 Å². The van der Waals surface area contributed by atoms with Gasteiger partial charge in [-0.25, -0.2) is 9.78 Å². The maximum absolute atomic E-state index is 11.9. The van der Waals surface area contributed by atoms with Crippen molar-refractivity contribution >= 4 is 34.7 Å². The maximum Gasteiger partial charge on any atom is 0.319 e. The smallest absolute Gasteiger partial charge is 0.319 e. The molecule has 2 aromatic heterocycles. The SMILES string of the molecule is CC[C@H](NC(=O)Nc1cccnc1Cl)c1cccs1. The highest BCUT2D eigenvalue weighted by Crippen LogP contribution is 2.22. The number of aromatic nitrogens is 1. The molecule has 0 radical (unpaired) electrons. The summed E-state index contributed by atoms with van der Waals surface area (Å²) in [5.41, 5.74) is 0.502. The van der Waals surface area contributed by atoms with Gasteiger partial charge in [-0.1, -0.05) is 24.6 Å². The summed E-state index contributed by atoms with van der Waals surface area (Å²) >= 11 is 7.51. The number of anilines is 1. The Kier molecular flexibility index (Phi) is 4.76. The van der Waals surface area contributed by atoms with Crippen molar-refractivity contribution in [1.29, 1.82) is 0 Å². The monoisotopic (exact) mass is 295 g/mol. The van der Waals surface area contributed by atoms with E-state index in [2.05, 4.69) is 15.6 Å². The van der Waals surface area contributed by atoms with Gasteiger partial charge in [0.25, 0.3) is 0 Å². The molecule has 2 heterocycles. The fourth-order valence-electron chi connectivity index (χ4n) is 1.66. The summed E-state index contributed by atoms with van der Waals surface area (Å²) in [7, 11) is 0.